The first-order valence-corrected chi connectivity index (χ1v) is 11.9. The van der Waals surface area contributed by atoms with Crippen molar-refractivity contribution < 1.29 is 18.0 Å². The Bertz CT molecular complexity index is 453. The van der Waals surface area contributed by atoms with E-state index in [2.05, 4.69) is 6.92 Å². The zero-order chi connectivity index (χ0) is 15.2. The standard InChI is InChI=1S/C14H25O4PSi/c1-6-7-12-17-19(15,18-20(3,4)5)14-10-8-13(16-2)9-11-14/h8-11H,6-7,12H2,1-5H3. The van der Waals surface area contributed by atoms with E-state index in [1.54, 1.807) is 31.4 Å². The molecule has 1 aromatic rings. The van der Waals surface area contributed by atoms with Crippen LogP contribution >= 0.6 is 7.60 Å². The highest BCUT2D eigenvalue weighted by Crippen LogP contribution is 2.49. The fourth-order valence-electron chi connectivity index (χ4n) is 1.61. The van der Waals surface area contributed by atoms with Gasteiger partial charge in [0.05, 0.1) is 19.0 Å². The average Bonchev–Trinajstić information content (AvgIpc) is 2.37. The molecule has 0 heterocycles. The molecule has 0 saturated heterocycles. The lowest BCUT2D eigenvalue weighted by molar-refractivity contribution is 0.268. The highest BCUT2D eigenvalue weighted by atomic mass is 31.2. The lowest BCUT2D eigenvalue weighted by atomic mass is 10.3. The Hall–Kier alpha value is -0.613. The summed E-state index contributed by atoms with van der Waals surface area (Å²) in [5, 5.41) is 0.594. The second-order valence-corrected chi connectivity index (χ2v) is 12.3. The summed E-state index contributed by atoms with van der Waals surface area (Å²) in [5.41, 5.74) is 0. The van der Waals surface area contributed by atoms with Crippen LogP contribution < -0.4 is 10.0 Å². The molecule has 0 aliphatic heterocycles. The fraction of sp³-hybridized carbons (Fsp3) is 0.571. The van der Waals surface area contributed by atoms with Crippen LogP contribution in [0, 0.1) is 0 Å². The van der Waals surface area contributed by atoms with E-state index in [1.165, 1.54) is 0 Å². The van der Waals surface area contributed by atoms with Crippen LogP contribution in [-0.4, -0.2) is 22.0 Å². The Balaban J connectivity index is 2.98. The molecule has 6 heteroatoms. The van der Waals surface area contributed by atoms with E-state index >= 15 is 0 Å². The maximum absolute atomic E-state index is 13.1. The largest absolute Gasteiger partial charge is 0.497 e. The SMILES string of the molecule is CCCCOP(=O)(O[Si](C)(C)C)c1ccc(OC)cc1. The monoisotopic (exact) mass is 316 g/mol. The summed E-state index contributed by atoms with van der Waals surface area (Å²) in [5.74, 6) is 0.724. The number of rotatable bonds is 8. The van der Waals surface area contributed by atoms with Crippen LogP contribution in [0.5, 0.6) is 5.75 Å². The lowest BCUT2D eigenvalue weighted by Gasteiger charge is -2.26. The Morgan fingerprint density at radius 2 is 1.75 bits per heavy atom. The summed E-state index contributed by atoms with van der Waals surface area (Å²) < 4.78 is 29.7. The van der Waals surface area contributed by atoms with Crippen molar-refractivity contribution in [2.24, 2.45) is 0 Å². The smallest absolute Gasteiger partial charge is 0.351 e. The first kappa shape index (κ1) is 17.4. The van der Waals surface area contributed by atoms with Gasteiger partial charge in [0.1, 0.15) is 5.75 Å². The summed E-state index contributed by atoms with van der Waals surface area (Å²) in [7, 11) is -3.62. The average molecular weight is 316 g/mol. The van der Waals surface area contributed by atoms with Crippen molar-refractivity contribution >= 4 is 21.2 Å². The van der Waals surface area contributed by atoms with Crippen LogP contribution in [0.3, 0.4) is 0 Å². The maximum Gasteiger partial charge on any atom is 0.351 e. The van der Waals surface area contributed by atoms with Gasteiger partial charge in [0, 0.05) is 0 Å². The van der Waals surface area contributed by atoms with Gasteiger partial charge in [0.2, 0.25) is 0 Å². The minimum absolute atomic E-state index is 0.449. The predicted molar refractivity (Wildman–Crippen MR) is 85.5 cm³/mol. The van der Waals surface area contributed by atoms with E-state index in [4.69, 9.17) is 13.5 Å². The van der Waals surface area contributed by atoms with Crippen molar-refractivity contribution in [3.63, 3.8) is 0 Å². The molecule has 0 amide bonds. The minimum Gasteiger partial charge on any atom is -0.497 e. The van der Waals surface area contributed by atoms with Crippen molar-refractivity contribution in [2.45, 2.75) is 39.4 Å². The molecule has 0 bridgehead atoms. The normalized spacial score (nSPS) is 14.8. The fourth-order valence-corrected chi connectivity index (χ4v) is 6.16. The molecule has 0 aromatic heterocycles. The topological polar surface area (TPSA) is 44.8 Å². The molecule has 0 radical (unpaired) electrons. The first-order chi connectivity index (χ1) is 9.30. The first-order valence-electron chi connectivity index (χ1n) is 6.90. The van der Waals surface area contributed by atoms with Crippen LogP contribution in [0.25, 0.3) is 0 Å². The zero-order valence-corrected chi connectivity index (χ0v) is 14.9. The molecule has 0 aliphatic rings. The van der Waals surface area contributed by atoms with Gasteiger partial charge in [-0.2, -0.15) is 0 Å². The van der Waals surface area contributed by atoms with Crippen LogP contribution in [0.2, 0.25) is 19.6 Å². The second kappa shape index (κ2) is 7.41. The van der Waals surface area contributed by atoms with Gasteiger partial charge in [-0.25, -0.2) is 0 Å². The molecule has 0 saturated carbocycles. The molecule has 20 heavy (non-hydrogen) atoms. The van der Waals surface area contributed by atoms with Gasteiger partial charge in [0.15, 0.2) is 8.32 Å². The van der Waals surface area contributed by atoms with Gasteiger partial charge in [-0.3, -0.25) is 4.57 Å². The van der Waals surface area contributed by atoms with Crippen LogP contribution in [0.4, 0.5) is 0 Å². The Morgan fingerprint density at radius 1 is 1.15 bits per heavy atom. The molecular formula is C14H25O4PSi. The van der Waals surface area contributed by atoms with E-state index in [9.17, 15) is 4.57 Å². The van der Waals surface area contributed by atoms with Gasteiger partial charge in [-0.05, 0) is 50.3 Å². The van der Waals surface area contributed by atoms with E-state index in [0.717, 1.165) is 18.6 Å². The van der Waals surface area contributed by atoms with Gasteiger partial charge >= 0.3 is 7.60 Å². The van der Waals surface area contributed by atoms with Crippen LogP contribution in [0.1, 0.15) is 19.8 Å². The molecule has 0 fully saturated rings. The number of ether oxygens (including phenoxy) is 1. The van der Waals surface area contributed by atoms with Gasteiger partial charge in [0.25, 0.3) is 0 Å². The third-order valence-electron chi connectivity index (χ3n) is 2.54. The van der Waals surface area contributed by atoms with Crippen LogP contribution in [-0.2, 0) is 13.3 Å². The second-order valence-electron chi connectivity index (χ2n) is 5.59. The Kier molecular flexibility index (Phi) is 6.46. The van der Waals surface area contributed by atoms with E-state index in [0.29, 0.717) is 11.9 Å². The van der Waals surface area contributed by atoms with Crippen molar-refractivity contribution in [3.8, 4) is 5.75 Å². The summed E-state index contributed by atoms with van der Waals surface area (Å²) >= 11 is 0. The van der Waals surface area contributed by atoms with E-state index < -0.39 is 15.9 Å². The molecule has 4 nitrogen and oxygen atoms in total. The summed E-state index contributed by atoms with van der Waals surface area (Å²) in [6.07, 6.45) is 1.87. The zero-order valence-electron chi connectivity index (χ0n) is 13.0. The number of benzene rings is 1. The highest BCUT2D eigenvalue weighted by molar-refractivity contribution is 7.63. The predicted octanol–water partition coefficient (Wildman–Crippen LogP) is 4.18. The van der Waals surface area contributed by atoms with Gasteiger partial charge < -0.3 is 13.5 Å². The van der Waals surface area contributed by atoms with Crippen molar-refractivity contribution in [1.29, 1.82) is 0 Å². The summed E-state index contributed by atoms with van der Waals surface area (Å²) in [6.45, 7) is 8.54. The Morgan fingerprint density at radius 3 is 2.20 bits per heavy atom. The molecule has 1 atom stereocenters. The van der Waals surface area contributed by atoms with Gasteiger partial charge in [-0.15, -0.1) is 0 Å². The lowest BCUT2D eigenvalue weighted by Crippen LogP contribution is -2.27. The third-order valence-corrected chi connectivity index (χ3v) is 7.15. The van der Waals surface area contributed by atoms with Crippen molar-refractivity contribution in [1.82, 2.24) is 0 Å². The minimum atomic E-state index is -3.25. The molecule has 1 aromatic carbocycles. The molecular weight excluding hydrogens is 291 g/mol. The highest BCUT2D eigenvalue weighted by Gasteiger charge is 2.33. The summed E-state index contributed by atoms with van der Waals surface area (Å²) in [6, 6.07) is 7.06. The summed E-state index contributed by atoms with van der Waals surface area (Å²) in [4.78, 5) is 0. The number of unbranched alkanes of at least 4 members (excludes halogenated alkanes) is 1. The molecule has 0 N–H and O–H groups in total. The van der Waals surface area contributed by atoms with Gasteiger partial charge in [-0.1, -0.05) is 13.3 Å². The Labute approximate surface area is 123 Å². The van der Waals surface area contributed by atoms with E-state index in [1.807, 2.05) is 19.6 Å². The maximum atomic E-state index is 13.1. The molecule has 0 spiro atoms. The van der Waals surface area contributed by atoms with Crippen molar-refractivity contribution in [3.05, 3.63) is 24.3 Å². The van der Waals surface area contributed by atoms with Crippen molar-refractivity contribution in [2.75, 3.05) is 13.7 Å². The molecule has 1 rings (SSSR count). The number of hydrogen-bond donors (Lipinski definition) is 0. The molecule has 1 unspecified atom stereocenters. The van der Waals surface area contributed by atoms with Crippen LogP contribution in [0.15, 0.2) is 24.3 Å². The third kappa shape index (κ3) is 5.41. The number of hydrogen-bond acceptors (Lipinski definition) is 4. The molecule has 0 aliphatic carbocycles. The quantitative estimate of drug-likeness (QED) is 0.410. The van der Waals surface area contributed by atoms with E-state index in [-0.39, 0.29) is 0 Å². The number of methoxy groups -OCH3 is 1. The molecule has 114 valence electrons.